The highest BCUT2D eigenvalue weighted by atomic mass is 35.5. The fraction of sp³-hybridized carbons (Fsp3) is 0.545. The van der Waals surface area contributed by atoms with E-state index in [-0.39, 0.29) is 18.4 Å². The quantitative estimate of drug-likeness (QED) is 0.453. The summed E-state index contributed by atoms with van der Waals surface area (Å²) in [7, 11) is 0. The highest BCUT2D eigenvalue weighted by Gasteiger charge is 2.23. The zero-order valence-electron chi connectivity index (χ0n) is 16.7. The number of rotatable bonds is 9. The first kappa shape index (κ1) is 20.9. The first-order valence-electron chi connectivity index (χ1n) is 10.5. The third kappa shape index (κ3) is 4.58. The lowest BCUT2D eigenvalue weighted by molar-refractivity contribution is 0.345. The van der Waals surface area contributed by atoms with Gasteiger partial charge in [-0.3, -0.25) is 0 Å². The molecule has 1 unspecified atom stereocenters. The molecule has 3 aromatic rings. The lowest BCUT2D eigenvalue weighted by atomic mass is 10.1. The van der Waals surface area contributed by atoms with Crippen molar-refractivity contribution in [2.24, 2.45) is 0 Å². The van der Waals surface area contributed by atoms with Crippen molar-refractivity contribution in [3.05, 3.63) is 36.4 Å². The van der Waals surface area contributed by atoms with Crippen LogP contribution in [0.1, 0.15) is 70.2 Å². The molecule has 1 fully saturated rings. The molecule has 6 heteroatoms. The van der Waals surface area contributed by atoms with Gasteiger partial charge in [0.15, 0.2) is 0 Å². The Balaban J connectivity index is 0.00000225. The second-order valence-electron chi connectivity index (χ2n) is 7.63. The van der Waals surface area contributed by atoms with E-state index in [2.05, 4.69) is 52.4 Å². The van der Waals surface area contributed by atoms with Crippen molar-refractivity contribution in [3.63, 3.8) is 0 Å². The highest BCUT2D eigenvalue weighted by Crippen LogP contribution is 2.31. The molecular weight excluding hydrogens is 372 g/mol. The third-order valence-corrected chi connectivity index (χ3v) is 5.58. The Hall–Kier alpha value is -1.85. The maximum atomic E-state index is 5.56. The minimum Gasteiger partial charge on any atom is -0.347 e. The van der Waals surface area contributed by atoms with Gasteiger partial charge in [-0.1, -0.05) is 62.4 Å². The summed E-state index contributed by atoms with van der Waals surface area (Å²) in [6, 6.07) is 8.75. The number of halogens is 1. The van der Waals surface area contributed by atoms with Crippen LogP contribution in [0.25, 0.3) is 22.3 Å². The van der Waals surface area contributed by atoms with Gasteiger partial charge in [0, 0.05) is 29.2 Å². The van der Waals surface area contributed by atoms with Gasteiger partial charge in [-0.15, -0.1) is 12.4 Å². The smallest absolute Gasteiger partial charge is 0.244 e. The van der Waals surface area contributed by atoms with Crippen molar-refractivity contribution in [3.8, 4) is 11.4 Å². The molecule has 2 aromatic heterocycles. The number of aryl methyl sites for hydroxylation is 1. The zero-order valence-corrected chi connectivity index (χ0v) is 17.5. The Morgan fingerprint density at radius 1 is 1.14 bits per heavy atom. The SMILES string of the molecule is CCCCCCCCn1cc(-c2noc(C3CCCN3)n2)c2ccccc21.Cl. The minimum absolute atomic E-state index is 0. The van der Waals surface area contributed by atoms with Crippen LogP contribution >= 0.6 is 12.4 Å². The number of benzene rings is 1. The predicted molar refractivity (Wildman–Crippen MR) is 116 cm³/mol. The molecule has 1 saturated heterocycles. The second kappa shape index (κ2) is 10.1. The average molecular weight is 403 g/mol. The van der Waals surface area contributed by atoms with Crippen molar-refractivity contribution >= 4 is 23.3 Å². The number of nitrogens with zero attached hydrogens (tertiary/aromatic N) is 3. The molecule has 1 aliphatic heterocycles. The molecule has 1 aliphatic rings. The standard InChI is InChI=1S/C22H30N4O.ClH/c1-2-3-4-5-6-9-15-26-16-18(17-11-7-8-13-20(17)26)21-24-22(27-25-21)19-12-10-14-23-19;/h7-8,11,13,16,19,23H,2-6,9-10,12,14-15H2,1H3;1H. The Morgan fingerprint density at radius 2 is 1.96 bits per heavy atom. The second-order valence-corrected chi connectivity index (χ2v) is 7.63. The number of hydrogen-bond donors (Lipinski definition) is 1. The van der Waals surface area contributed by atoms with E-state index in [0.717, 1.165) is 31.0 Å². The number of para-hydroxylation sites is 1. The summed E-state index contributed by atoms with van der Waals surface area (Å²) in [6.45, 7) is 4.33. The minimum atomic E-state index is 0. The lowest BCUT2D eigenvalue weighted by Gasteiger charge is -2.05. The van der Waals surface area contributed by atoms with Gasteiger partial charge in [-0.2, -0.15) is 4.98 Å². The molecule has 1 N–H and O–H groups in total. The highest BCUT2D eigenvalue weighted by molar-refractivity contribution is 5.94. The molecule has 0 amide bonds. The van der Waals surface area contributed by atoms with Crippen molar-refractivity contribution in [1.29, 1.82) is 0 Å². The molecule has 4 rings (SSSR count). The molecule has 152 valence electrons. The van der Waals surface area contributed by atoms with Gasteiger partial charge >= 0.3 is 0 Å². The van der Waals surface area contributed by atoms with Gasteiger partial charge in [0.25, 0.3) is 0 Å². The molecule has 3 heterocycles. The number of aromatic nitrogens is 3. The topological polar surface area (TPSA) is 55.9 Å². The first-order chi connectivity index (χ1) is 13.4. The van der Waals surface area contributed by atoms with Crippen LogP contribution in [0.2, 0.25) is 0 Å². The number of fused-ring (bicyclic) bond motifs is 1. The van der Waals surface area contributed by atoms with Crippen LogP contribution in [0.5, 0.6) is 0 Å². The molecule has 0 spiro atoms. The van der Waals surface area contributed by atoms with Gasteiger partial charge in [-0.25, -0.2) is 0 Å². The van der Waals surface area contributed by atoms with Crippen LogP contribution in [-0.4, -0.2) is 21.3 Å². The normalized spacial score (nSPS) is 16.5. The zero-order chi connectivity index (χ0) is 18.5. The maximum absolute atomic E-state index is 5.56. The Kier molecular flexibility index (Phi) is 7.51. The number of hydrogen-bond acceptors (Lipinski definition) is 4. The Bertz CT molecular complexity index is 866. The fourth-order valence-corrected chi connectivity index (χ4v) is 4.05. The third-order valence-electron chi connectivity index (χ3n) is 5.58. The van der Waals surface area contributed by atoms with Crippen LogP contribution in [0.3, 0.4) is 0 Å². The van der Waals surface area contributed by atoms with E-state index < -0.39 is 0 Å². The van der Waals surface area contributed by atoms with E-state index in [9.17, 15) is 0 Å². The molecule has 5 nitrogen and oxygen atoms in total. The van der Waals surface area contributed by atoms with Crippen LogP contribution in [0.15, 0.2) is 35.0 Å². The van der Waals surface area contributed by atoms with Crippen molar-refractivity contribution in [1.82, 2.24) is 20.0 Å². The van der Waals surface area contributed by atoms with Crippen LogP contribution in [-0.2, 0) is 6.54 Å². The van der Waals surface area contributed by atoms with Gasteiger partial charge in [-0.05, 0) is 31.9 Å². The van der Waals surface area contributed by atoms with Crippen LogP contribution in [0.4, 0.5) is 0 Å². The van der Waals surface area contributed by atoms with E-state index in [4.69, 9.17) is 9.51 Å². The summed E-state index contributed by atoms with van der Waals surface area (Å²) in [5, 5.41) is 8.92. The van der Waals surface area contributed by atoms with Crippen molar-refractivity contribution in [2.75, 3.05) is 6.54 Å². The van der Waals surface area contributed by atoms with Crippen LogP contribution < -0.4 is 5.32 Å². The van der Waals surface area contributed by atoms with E-state index in [1.165, 1.54) is 55.8 Å². The molecule has 28 heavy (non-hydrogen) atoms. The molecule has 1 aromatic carbocycles. The maximum Gasteiger partial charge on any atom is 0.244 e. The van der Waals surface area contributed by atoms with E-state index >= 15 is 0 Å². The fourth-order valence-electron chi connectivity index (χ4n) is 4.05. The summed E-state index contributed by atoms with van der Waals surface area (Å²) in [4.78, 5) is 4.70. The summed E-state index contributed by atoms with van der Waals surface area (Å²) in [5.41, 5.74) is 2.33. The van der Waals surface area contributed by atoms with Gasteiger partial charge in [0.1, 0.15) is 0 Å². The molecule has 0 aliphatic carbocycles. The first-order valence-corrected chi connectivity index (χ1v) is 10.5. The molecule has 1 atom stereocenters. The summed E-state index contributed by atoms with van der Waals surface area (Å²) >= 11 is 0. The number of unbranched alkanes of at least 4 members (excludes halogenated alkanes) is 5. The molecular formula is C22H31ClN4O. The molecule has 0 bridgehead atoms. The Labute approximate surface area is 173 Å². The van der Waals surface area contributed by atoms with Crippen molar-refractivity contribution in [2.45, 2.75) is 70.9 Å². The predicted octanol–water partition coefficient (Wildman–Crippen LogP) is 5.90. The van der Waals surface area contributed by atoms with Crippen LogP contribution in [0, 0.1) is 0 Å². The molecule has 0 radical (unpaired) electrons. The lowest BCUT2D eigenvalue weighted by Crippen LogP contribution is -2.12. The summed E-state index contributed by atoms with van der Waals surface area (Å²) in [5.74, 6) is 1.42. The number of nitrogens with one attached hydrogen (secondary N) is 1. The summed E-state index contributed by atoms with van der Waals surface area (Å²) < 4.78 is 7.92. The van der Waals surface area contributed by atoms with E-state index in [0.29, 0.717) is 5.82 Å². The van der Waals surface area contributed by atoms with Gasteiger partial charge in [0.2, 0.25) is 11.7 Å². The van der Waals surface area contributed by atoms with Gasteiger partial charge < -0.3 is 14.4 Å². The summed E-state index contributed by atoms with van der Waals surface area (Å²) in [6.07, 6.45) is 12.3. The average Bonchev–Trinajstić information content (AvgIpc) is 3.44. The van der Waals surface area contributed by atoms with Gasteiger partial charge in [0.05, 0.1) is 6.04 Å². The monoisotopic (exact) mass is 402 g/mol. The van der Waals surface area contributed by atoms with Crippen molar-refractivity contribution < 1.29 is 4.52 Å². The largest absolute Gasteiger partial charge is 0.347 e. The van der Waals surface area contributed by atoms with E-state index in [1.807, 2.05) is 0 Å². The molecule has 0 saturated carbocycles. The van der Waals surface area contributed by atoms with E-state index in [1.54, 1.807) is 0 Å². The Morgan fingerprint density at radius 3 is 2.79 bits per heavy atom.